The zero-order chi connectivity index (χ0) is 20.2. The van der Waals surface area contributed by atoms with Gasteiger partial charge in [0.15, 0.2) is 0 Å². The smallest absolute Gasteiger partial charge is 0.324 e. The maximum absolute atomic E-state index is 12.9. The van der Waals surface area contributed by atoms with Gasteiger partial charge in [0, 0.05) is 19.3 Å². The third kappa shape index (κ3) is 2.83. The first-order valence-corrected chi connectivity index (χ1v) is 6.28. The summed E-state index contributed by atoms with van der Waals surface area (Å²) >= 11 is 0. The van der Waals surface area contributed by atoms with Gasteiger partial charge in [0.05, 0.1) is 5.56 Å². The fraction of sp³-hybridized carbons (Fsp3) is 0.600. The largest absolute Gasteiger partial charge is 0.416 e. The Morgan fingerprint density at radius 2 is 1.95 bits per heavy atom. The number of hydrogen-bond acceptors (Lipinski definition) is 2. The number of benzene rings is 1. The van der Waals surface area contributed by atoms with Gasteiger partial charge in [-0.05, 0) is 50.5 Å². The Balaban J connectivity index is 2.47. The lowest BCUT2D eigenvalue weighted by Gasteiger charge is -2.48. The molecule has 3 atom stereocenters. The van der Waals surface area contributed by atoms with E-state index in [0.29, 0.717) is 0 Å². The first-order chi connectivity index (χ1) is 11.5. The molecule has 2 rings (SSSR count). The van der Waals surface area contributed by atoms with E-state index in [2.05, 4.69) is 0 Å². The van der Waals surface area contributed by atoms with Crippen LogP contribution in [-0.4, -0.2) is 11.1 Å². The lowest BCUT2D eigenvalue weighted by molar-refractivity contribution is -0.137. The van der Waals surface area contributed by atoms with Crippen LogP contribution >= 0.6 is 0 Å². The summed E-state index contributed by atoms with van der Waals surface area (Å²) in [5.74, 6) is -0.637. The van der Waals surface area contributed by atoms with Crippen LogP contribution in [0, 0.1) is 0 Å². The SMILES string of the molecule is [2H]C([2H])([2H])C1(N)CCC(c2cccc(C(F)(F)F)c2)CC1(N)C([2H])([2H])[2H]. The van der Waals surface area contributed by atoms with Crippen molar-refractivity contribution in [3.63, 3.8) is 0 Å². The van der Waals surface area contributed by atoms with E-state index in [0.717, 1.165) is 12.1 Å². The Kier molecular flexibility index (Phi) is 2.14. The van der Waals surface area contributed by atoms with Crippen molar-refractivity contribution in [2.24, 2.45) is 11.5 Å². The molecule has 3 unspecified atom stereocenters. The first kappa shape index (κ1) is 9.05. The summed E-state index contributed by atoms with van der Waals surface area (Å²) < 4.78 is 85.1. The standard InChI is InChI=1S/C15H21F3N2/c1-13(19)7-6-11(9-14(13,2)20)10-4-3-5-12(8-10)15(16,17)18/h3-5,8,11H,6-7,9,19-20H2,1-2H3/i1D3,2D3. The topological polar surface area (TPSA) is 52.0 Å². The molecule has 112 valence electrons. The monoisotopic (exact) mass is 292 g/mol. The van der Waals surface area contributed by atoms with Gasteiger partial charge >= 0.3 is 6.18 Å². The molecule has 1 aromatic rings. The van der Waals surface area contributed by atoms with E-state index < -0.39 is 42.4 Å². The van der Waals surface area contributed by atoms with Gasteiger partial charge in [0.25, 0.3) is 0 Å². The Morgan fingerprint density at radius 1 is 1.25 bits per heavy atom. The summed E-state index contributed by atoms with van der Waals surface area (Å²) in [5.41, 5.74) is 7.09. The van der Waals surface area contributed by atoms with Gasteiger partial charge in [0.1, 0.15) is 0 Å². The van der Waals surface area contributed by atoms with Crippen molar-refractivity contribution >= 4 is 0 Å². The third-order valence-electron chi connectivity index (χ3n) is 3.94. The highest BCUT2D eigenvalue weighted by molar-refractivity contribution is 5.30. The summed E-state index contributed by atoms with van der Waals surface area (Å²) in [6.07, 6.45) is -4.99. The Labute approximate surface area is 125 Å². The number of rotatable bonds is 1. The molecule has 1 saturated carbocycles. The Hall–Kier alpha value is -1.07. The maximum Gasteiger partial charge on any atom is 0.416 e. The minimum Gasteiger partial charge on any atom is -0.324 e. The molecule has 0 heterocycles. The van der Waals surface area contributed by atoms with E-state index >= 15 is 0 Å². The highest BCUT2D eigenvalue weighted by Crippen LogP contribution is 2.42. The molecule has 2 nitrogen and oxygen atoms in total. The highest BCUT2D eigenvalue weighted by atomic mass is 19.4. The van der Waals surface area contributed by atoms with Crippen molar-refractivity contribution in [2.45, 2.75) is 56.1 Å². The molecule has 0 bridgehead atoms. The van der Waals surface area contributed by atoms with Gasteiger partial charge in [-0.2, -0.15) is 13.2 Å². The lowest BCUT2D eigenvalue weighted by Crippen LogP contribution is -2.64. The van der Waals surface area contributed by atoms with Crippen LogP contribution in [0.2, 0.25) is 0 Å². The molecule has 0 spiro atoms. The molecule has 1 aliphatic carbocycles. The maximum atomic E-state index is 12.9. The van der Waals surface area contributed by atoms with Crippen LogP contribution in [0.3, 0.4) is 0 Å². The second-order valence-corrected chi connectivity index (χ2v) is 5.51. The molecule has 20 heavy (non-hydrogen) atoms. The molecule has 0 amide bonds. The molecule has 1 fully saturated rings. The summed E-state index contributed by atoms with van der Waals surface area (Å²) in [6.45, 7) is -5.72. The minimum absolute atomic E-state index is 0.130. The molecule has 4 N–H and O–H groups in total. The molecule has 0 radical (unpaired) electrons. The van der Waals surface area contributed by atoms with Gasteiger partial charge in [0.2, 0.25) is 0 Å². The zero-order valence-electron chi connectivity index (χ0n) is 16.8. The van der Waals surface area contributed by atoms with E-state index in [1.807, 2.05) is 0 Å². The fourth-order valence-corrected chi connectivity index (χ4v) is 2.55. The Bertz CT molecular complexity index is 673. The van der Waals surface area contributed by atoms with Gasteiger partial charge in [-0.1, -0.05) is 18.2 Å². The van der Waals surface area contributed by atoms with Crippen LogP contribution < -0.4 is 11.5 Å². The van der Waals surface area contributed by atoms with Crippen molar-refractivity contribution < 1.29 is 21.4 Å². The Morgan fingerprint density at radius 3 is 2.55 bits per heavy atom. The molecule has 1 aromatic carbocycles. The van der Waals surface area contributed by atoms with E-state index in [9.17, 15) is 13.2 Å². The number of halogens is 3. The van der Waals surface area contributed by atoms with Gasteiger partial charge in [-0.25, -0.2) is 0 Å². The molecule has 5 heteroatoms. The lowest BCUT2D eigenvalue weighted by atomic mass is 9.65. The fourth-order valence-electron chi connectivity index (χ4n) is 2.55. The summed E-state index contributed by atoms with van der Waals surface area (Å²) in [5, 5.41) is 0. The molecule has 0 aromatic heterocycles. The van der Waals surface area contributed by atoms with Gasteiger partial charge < -0.3 is 11.5 Å². The minimum atomic E-state index is -4.54. The van der Waals surface area contributed by atoms with E-state index in [4.69, 9.17) is 19.7 Å². The van der Waals surface area contributed by atoms with E-state index in [-0.39, 0.29) is 24.8 Å². The van der Waals surface area contributed by atoms with Crippen LogP contribution in [0.4, 0.5) is 13.2 Å². The van der Waals surface area contributed by atoms with Gasteiger partial charge in [-0.3, -0.25) is 0 Å². The second kappa shape index (κ2) is 4.74. The summed E-state index contributed by atoms with van der Waals surface area (Å²) in [4.78, 5) is 0. The quantitative estimate of drug-likeness (QED) is 0.833. The predicted molar refractivity (Wildman–Crippen MR) is 73.2 cm³/mol. The molecule has 1 aliphatic rings. The van der Waals surface area contributed by atoms with Crippen LogP contribution in [0.15, 0.2) is 24.3 Å². The van der Waals surface area contributed by atoms with Crippen molar-refractivity contribution in [3.8, 4) is 0 Å². The van der Waals surface area contributed by atoms with Crippen molar-refractivity contribution in [2.75, 3.05) is 0 Å². The summed E-state index contributed by atoms with van der Waals surface area (Å²) in [6, 6.07) is 4.56. The van der Waals surface area contributed by atoms with Crippen LogP contribution in [0.5, 0.6) is 0 Å². The van der Waals surface area contributed by atoms with Crippen LogP contribution in [0.1, 0.15) is 58.2 Å². The molecular formula is C15H21F3N2. The zero-order valence-corrected chi connectivity index (χ0v) is 10.8. The number of alkyl halides is 3. The average Bonchev–Trinajstić information content (AvgIpc) is 2.47. The average molecular weight is 292 g/mol. The first-order valence-electron chi connectivity index (χ1n) is 9.28. The highest BCUT2D eigenvalue weighted by Gasteiger charge is 2.44. The van der Waals surface area contributed by atoms with Gasteiger partial charge in [-0.15, -0.1) is 0 Å². The predicted octanol–water partition coefficient (Wildman–Crippen LogP) is 3.41. The van der Waals surface area contributed by atoms with Crippen molar-refractivity contribution in [3.05, 3.63) is 35.4 Å². The molecule has 0 aliphatic heterocycles. The number of nitrogens with two attached hydrogens (primary N) is 2. The van der Waals surface area contributed by atoms with Crippen molar-refractivity contribution in [1.29, 1.82) is 0 Å². The van der Waals surface area contributed by atoms with Crippen LogP contribution in [-0.2, 0) is 6.18 Å². The molecule has 0 saturated heterocycles. The van der Waals surface area contributed by atoms with E-state index in [1.165, 1.54) is 12.1 Å². The summed E-state index contributed by atoms with van der Waals surface area (Å²) in [7, 11) is 0. The second-order valence-electron chi connectivity index (χ2n) is 5.51. The number of hydrogen-bond donors (Lipinski definition) is 2. The van der Waals surface area contributed by atoms with Crippen molar-refractivity contribution in [1.82, 2.24) is 0 Å². The molecular weight excluding hydrogens is 265 g/mol. The van der Waals surface area contributed by atoms with Crippen LogP contribution in [0.25, 0.3) is 0 Å². The third-order valence-corrected chi connectivity index (χ3v) is 3.94. The van der Waals surface area contributed by atoms with E-state index in [1.54, 1.807) is 0 Å². The normalized spacial score (nSPS) is 40.8.